The molecule has 1 aromatic heterocycles. The second-order valence-corrected chi connectivity index (χ2v) is 11.0. The Labute approximate surface area is 207 Å². The number of para-hydroxylation sites is 1. The van der Waals surface area contributed by atoms with Crippen LogP contribution in [0.3, 0.4) is 0 Å². The number of hydrogen-bond acceptors (Lipinski definition) is 7. The van der Waals surface area contributed by atoms with Crippen molar-refractivity contribution in [3.05, 3.63) is 80.6 Å². The number of nitrogens with zero attached hydrogens (tertiary/aromatic N) is 4. The molecular weight excluding hydrogens is 484 g/mol. The molecule has 1 saturated heterocycles. The molecule has 0 N–H and O–H groups in total. The molecule has 0 aliphatic carbocycles. The first-order valence-electron chi connectivity index (χ1n) is 12.0. The SMILES string of the molecule is O=C1c2cc([N+](=O)[O-])ccc2S(=O)(=O)N1CCCCN1CCC(n2c(=O)ccc3ccccc32)CC1. The summed E-state index contributed by atoms with van der Waals surface area (Å²) in [5, 5.41) is 12.0. The third kappa shape index (κ3) is 4.28. The van der Waals surface area contributed by atoms with E-state index in [0.29, 0.717) is 12.8 Å². The van der Waals surface area contributed by atoms with E-state index in [9.17, 15) is 28.1 Å². The van der Waals surface area contributed by atoms with Crippen LogP contribution in [0.1, 0.15) is 42.1 Å². The molecule has 0 bridgehead atoms. The van der Waals surface area contributed by atoms with Crippen molar-refractivity contribution in [2.45, 2.75) is 36.6 Å². The lowest BCUT2D eigenvalue weighted by atomic mass is 10.0. The molecule has 3 heterocycles. The van der Waals surface area contributed by atoms with Crippen LogP contribution in [0.5, 0.6) is 0 Å². The number of fused-ring (bicyclic) bond motifs is 2. The highest BCUT2D eigenvalue weighted by Crippen LogP contribution is 2.33. The first kappa shape index (κ1) is 24.1. The van der Waals surface area contributed by atoms with E-state index in [2.05, 4.69) is 4.90 Å². The van der Waals surface area contributed by atoms with Crippen LogP contribution in [-0.2, 0) is 10.0 Å². The van der Waals surface area contributed by atoms with Gasteiger partial charge in [0.25, 0.3) is 27.2 Å². The molecule has 0 atom stereocenters. The smallest absolute Gasteiger partial charge is 0.270 e. The first-order valence-corrected chi connectivity index (χ1v) is 13.4. The fourth-order valence-electron chi connectivity index (χ4n) is 5.18. The summed E-state index contributed by atoms with van der Waals surface area (Å²) in [4.78, 5) is 37.7. The van der Waals surface area contributed by atoms with E-state index >= 15 is 0 Å². The summed E-state index contributed by atoms with van der Waals surface area (Å²) < 4.78 is 28.2. The molecule has 188 valence electrons. The second kappa shape index (κ2) is 9.47. The molecule has 0 radical (unpaired) electrons. The molecule has 1 amide bonds. The van der Waals surface area contributed by atoms with E-state index in [4.69, 9.17) is 0 Å². The number of carbonyl (C=O) groups is 1. The Morgan fingerprint density at radius 3 is 2.42 bits per heavy atom. The van der Waals surface area contributed by atoms with Gasteiger partial charge in [-0.15, -0.1) is 0 Å². The maximum absolute atomic E-state index is 12.8. The Morgan fingerprint density at radius 2 is 1.67 bits per heavy atom. The van der Waals surface area contributed by atoms with Crippen LogP contribution >= 0.6 is 0 Å². The number of pyridine rings is 1. The van der Waals surface area contributed by atoms with Crippen molar-refractivity contribution in [3.8, 4) is 0 Å². The average molecular weight is 511 g/mol. The second-order valence-electron chi connectivity index (χ2n) is 9.20. The lowest BCUT2D eigenvalue weighted by Crippen LogP contribution is -2.38. The molecule has 2 aromatic carbocycles. The van der Waals surface area contributed by atoms with E-state index in [1.807, 2.05) is 34.9 Å². The fourth-order valence-corrected chi connectivity index (χ4v) is 6.77. The molecule has 2 aliphatic rings. The van der Waals surface area contributed by atoms with Gasteiger partial charge in [-0.2, -0.15) is 0 Å². The number of nitro benzene ring substituents is 1. The number of likely N-dealkylation sites (tertiary alicyclic amines) is 1. The highest BCUT2D eigenvalue weighted by atomic mass is 32.2. The lowest BCUT2D eigenvalue weighted by Gasteiger charge is -2.33. The normalized spacial score (nSPS) is 18.0. The Hall–Kier alpha value is -3.57. The quantitative estimate of drug-likeness (QED) is 0.272. The van der Waals surface area contributed by atoms with Crippen molar-refractivity contribution in [1.29, 1.82) is 0 Å². The standard InChI is InChI=1S/C25H26N4O6S/c30-24-10-7-18-5-1-2-6-22(18)28(24)19-11-15-26(16-12-19)13-3-4-14-27-25(31)21-17-20(29(32)33)8-9-23(21)36(27,34)35/h1-2,5-10,17,19H,3-4,11-16H2. The minimum atomic E-state index is -3.99. The van der Waals surface area contributed by atoms with E-state index in [0.717, 1.165) is 65.9 Å². The maximum atomic E-state index is 12.8. The summed E-state index contributed by atoms with van der Waals surface area (Å²) in [5.74, 6) is -0.713. The number of piperidine rings is 1. The minimum Gasteiger partial charge on any atom is -0.305 e. The monoisotopic (exact) mass is 510 g/mol. The van der Waals surface area contributed by atoms with Gasteiger partial charge in [0.05, 0.1) is 16.0 Å². The number of carbonyl (C=O) groups excluding carboxylic acids is 1. The van der Waals surface area contributed by atoms with Crippen molar-refractivity contribution in [1.82, 2.24) is 13.8 Å². The average Bonchev–Trinajstić information content (AvgIpc) is 3.06. The van der Waals surface area contributed by atoms with Gasteiger partial charge in [-0.25, -0.2) is 12.7 Å². The molecule has 1 fully saturated rings. The van der Waals surface area contributed by atoms with Crippen molar-refractivity contribution >= 4 is 32.5 Å². The molecule has 3 aromatic rings. The summed E-state index contributed by atoms with van der Waals surface area (Å²) in [6.07, 6.45) is 2.89. The molecule has 11 heteroatoms. The van der Waals surface area contributed by atoms with E-state index in [-0.39, 0.29) is 34.3 Å². The van der Waals surface area contributed by atoms with E-state index in [1.165, 1.54) is 0 Å². The zero-order chi connectivity index (χ0) is 25.4. The summed E-state index contributed by atoms with van der Waals surface area (Å²) in [5.41, 5.74) is 0.504. The summed E-state index contributed by atoms with van der Waals surface area (Å²) in [6, 6.07) is 14.8. The van der Waals surface area contributed by atoms with E-state index in [1.54, 1.807) is 6.07 Å². The number of aromatic nitrogens is 1. The molecular formula is C25H26N4O6S. The Bertz CT molecular complexity index is 1510. The van der Waals surface area contributed by atoms with Gasteiger partial charge < -0.3 is 9.47 Å². The number of sulfonamides is 1. The summed E-state index contributed by atoms with van der Waals surface area (Å²) in [7, 11) is -3.99. The topological polar surface area (TPSA) is 123 Å². The predicted octanol–water partition coefficient (Wildman–Crippen LogP) is 3.17. The molecule has 0 unspecified atom stereocenters. The largest absolute Gasteiger partial charge is 0.305 e. The zero-order valence-corrected chi connectivity index (χ0v) is 20.4. The zero-order valence-electron chi connectivity index (χ0n) is 19.6. The number of non-ortho nitro benzene ring substituents is 1. The highest BCUT2D eigenvalue weighted by molar-refractivity contribution is 7.90. The lowest BCUT2D eigenvalue weighted by molar-refractivity contribution is -0.384. The third-order valence-electron chi connectivity index (χ3n) is 7.05. The fraction of sp³-hybridized carbons (Fsp3) is 0.360. The highest BCUT2D eigenvalue weighted by Gasteiger charge is 2.41. The number of nitro groups is 1. The molecule has 36 heavy (non-hydrogen) atoms. The molecule has 2 aliphatic heterocycles. The number of hydrogen-bond donors (Lipinski definition) is 0. The Morgan fingerprint density at radius 1 is 0.944 bits per heavy atom. The van der Waals surface area contributed by atoms with Crippen LogP contribution in [0.4, 0.5) is 5.69 Å². The maximum Gasteiger partial charge on any atom is 0.270 e. The van der Waals surface area contributed by atoms with Crippen LogP contribution in [0.25, 0.3) is 10.9 Å². The molecule has 0 saturated carbocycles. The van der Waals surface area contributed by atoms with Crippen molar-refractivity contribution in [2.75, 3.05) is 26.2 Å². The van der Waals surface area contributed by atoms with Crippen molar-refractivity contribution in [3.63, 3.8) is 0 Å². The van der Waals surface area contributed by atoms with Crippen LogP contribution in [0.15, 0.2) is 64.3 Å². The van der Waals surface area contributed by atoms with Gasteiger partial charge in [0.1, 0.15) is 4.90 Å². The Balaban J connectivity index is 1.15. The number of rotatable bonds is 7. The molecule has 0 spiro atoms. The van der Waals surface area contributed by atoms with E-state index < -0.39 is 20.9 Å². The number of benzene rings is 2. The Kier molecular flexibility index (Phi) is 6.35. The third-order valence-corrected chi connectivity index (χ3v) is 8.89. The van der Waals surface area contributed by atoms with Crippen LogP contribution in [0.2, 0.25) is 0 Å². The number of amides is 1. The van der Waals surface area contributed by atoms with Crippen LogP contribution in [-0.4, -0.2) is 59.2 Å². The summed E-state index contributed by atoms with van der Waals surface area (Å²) in [6.45, 7) is 2.45. The van der Waals surface area contributed by atoms with Gasteiger partial charge in [-0.3, -0.25) is 19.7 Å². The van der Waals surface area contributed by atoms with Gasteiger partial charge >= 0.3 is 0 Å². The van der Waals surface area contributed by atoms with Crippen molar-refractivity contribution in [2.24, 2.45) is 0 Å². The first-order chi connectivity index (χ1) is 17.3. The molecule has 10 nitrogen and oxygen atoms in total. The predicted molar refractivity (Wildman–Crippen MR) is 133 cm³/mol. The van der Waals surface area contributed by atoms with Crippen LogP contribution in [0, 0.1) is 10.1 Å². The van der Waals surface area contributed by atoms with Gasteiger partial charge in [0.15, 0.2) is 0 Å². The number of unbranched alkanes of at least 4 members (excludes halogenated alkanes) is 1. The van der Waals surface area contributed by atoms with Gasteiger partial charge in [-0.05, 0) is 55.8 Å². The van der Waals surface area contributed by atoms with Gasteiger partial charge in [0.2, 0.25) is 0 Å². The van der Waals surface area contributed by atoms with Crippen LogP contribution < -0.4 is 5.56 Å². The minimum absolute atomic E-state index is 0.00923. The van der Waals surface area contributed by atoms with Gasteiger partial charge in [0, 0.05) is 43.9 Å². The molecule has 5 rings (SSSR count). The van der Waals surface area contributed by atoms with Gasteiger partial charge in [-0.1, -0.05) is 18.2 Å². The summed E-state index contributed by atoms with van der Waals surface area (Å²) >= 11 is 0. The van der Waals surface area contributed by atoms with Crippen molar-refractivity contribution < 1.29 is 18.1 Å².